The molecule has 0 spiro atoms. The zero-order chi connectivity index (χ0) is 19.1. The van der Waals surface area contributed by atoms with Gasteiger partial charge in [-0.3, -0.25) is 9.88 Å². The van der Waals surface area contributed by atoms with Gasteiger partial charge in [-0.25, -0.2) is 12.8 Å². The number of pyridine rings is 1. The lowest BCUT2D eigenvalue weighted by molar-refractivity contribution is 0.0368. The van der Waals surface area contributed by atoms with Crippen LogP contribution >= 0.6 is 0 Å². The van der Waals surface area contributed by atoms with Crippen LogP contribution in [0.5, 0.6) is 0 Å². The van der Waals surface area contributed by atoms with Crippen molar-refractivity contribution >= 4 is 10.0 Å². The first kappa shape index (κ1) is 19.9. The smallest absolute Gasteiger partial charge is 0.243 e. The molecular formula is C19H24FN3O3S. The predicted octanol–water partition coefficient (Wildman–Crippen LogP) is 2.13. The molecule has 0 aliphatic carbocycles. The minimum atomic E-state index is -3.72. The van der Waals surface area contributed by atoms with Gasteiger partial charge in [0.2, 0.25) is 10.0 Å². The van der Waals surface area contributed by atoms with Crippen LogP contribution in [0.3, 0.4) is 0 Å². The van der Waals surface area contributed by atoms with E-state index in [1.807, 2.05) is 0 Å². The Morgan fingerprint density at radius 1 is 1.07 bits per heavy atom. The van der Waals surface area contributed by atoms with Crippen LogP contribution < -0.4 is 0 Å². The van der Waals surface area contributed by atoms with E-state index in [4.69, 9.17) is 4.74 Å². The third kappa shape index (κ3) is 5.55. The fourth-order valence-corrected chi connectivity index (χ4v) is 4.49. The molecule has 0 saturated carbocycles. The highest BCUT2D eigenvalue weighted by atomic mass is 32.2. The van der Waals surface area contributed by atoms with E-state index in [-0.39, 0.29) is 11.4 Å². The van der Waals surface area contributed by atoms with E-state index in [2.05, 4.69) is 9.88 Å². The predicted molar refractivity (Wildman–Crippen MR) is 100 cm³/mol. The Labute approximate surface area is 159 Å². The van der Waals surface area contributed by atoms with E-state index >= 15 is 0 Å². The van der Waals surface area contributed by atoms with Crippen LogP contribution in [0, 0.1) is 5.82 Å². The Morgan fingerprint density at radius 3 is 2.41 bits per heavy atom. The maximum Gasteiger partial charge on any atom is 0.243 e. The first-order valence-electron chi connectivity index (χ1n) is 9.00. The Morgan fingerprint density at radius 2 is 1.74 bits per heavy atom. The molecule has 1 aliphatic heterocycles. The summed E-state index contributed by atoms with van der Waals surface area (Å²) in [6.07, 6.45) is 4.00. The summed E-state index contributed by atoms with van der Waals surface area (Å²) in [6, 6.07) is 8.57. The summed E-state index contributed by atoms with van der Waals surface area (Å²) in [5.74, 6) is -0.457. The summed E-state index contributed by atoms with van der Waals surface area (Å²) >= 11 is 0. The topological polar surface area (TPSA) is 62.7 Å². The molecule has 0 atom stereocenters. The Bertz CT molecular complexity index is 810. The van der Waals surface area contributed by atoms with Crippen LogP contribution in [-0.2, 0) is 21.3 Å². The lowest BCUT2D eigenvalue weighted by Crippen LogP contribution is -2.39. The van der Waals surface area contributed by atoms with E-state index in [1.165, 1.54) is 28.6 Å². The van der Waals surface area contributed by atoms with E-state index in [1.54, 1.807) is 24.5 Å². The minimum Gasteiger partial charge on any atom is -0.379 e. The molecule has 0 unspecified atom stereocenters. The summed E-state index contributed by atoms with van der Waals surface area (Å²) < 4.78 is 46.2. The molecule has 1 aliphatic rings. The third-order valence-electron chi connectivity index (χ3n) is 4.55. The number of ether oxygens (including phenoxy) is 1. The number of halogens is 1. The standard InChI is InChI=1S/C19H24FN3O3S/c20-18-2-4-19(5-3-18)27(24,25)23(16-17-6-8-21-9-7-17)11-1-10-22-12-14-26-15-13-22/h2-9H,1,10-16H2. The lowest BCUT2D eigenvalue weighted by atomic mass is 10.2. The van der Waals surface area contributed by atoms with Gasteiger partial charge in [0.1, 0.15) is 5.82 Å². The van der Waals surface area contributed by atoms with Gasteiger partial charge < -0.3 is 4.74 Å². The maximum atomic E-state index is 13.2. The van der Waals surface area contributed by atoms with Crippen molar-refractivity contribution in [3.63, 3.8) is 0 Å². The number of nitrogens with zero attached hydrogens (tertiary/aromatic N) is 3. The molecule has 1 fully saturated rings. The van der Waals surface area contributed by atoms with Crippen molar-refractivity contribution in [3.05, 3.63) is 60.2 Å². The maximum absolute atomic E-state index is 13.2. The van der Waals surface area contributed by atoms with Gasteiger partial charge in [0.25, 0.3) is 0 Å². The Balaban J connectivity index is 1.72. The van der Waals surface area contributed by atoms with Crippen molar-refractivity contribution in [3.8, 4) is 0 Å². The first-order chi connectivity index (χ1) is 13.1. The molecule has 0 radical (unpaired) electrons. The van der Waals surface area contributed by atoms with Gasteiger partial charge in [-0.2, -0.15) is 4.31 Å². The lowest BCUT2D eigenvalue weighted by Gasteiger charge is -2.28. The van der Waals surface area contributed by atoms with Gasteiger partial charge in [-0.05, 0) is 54.9 Å². The number of hydrogen-bond donors (Lipinski definition) is 0. The summed E-state index contributed by atoms with van der Waals surface area (Å²) in [4.78, 5) is 6.36. The molecule has 0 N–H and O–H groups in total. The molecular weight excluding hydrogens is 369 g/mol. The van der Waals surface area contributed by atoms with Gasteiger partial charge in [0.15, 0.2) is 0 Å². The SMILES string of the molecule is O=S(=O)(c1ccc(F)cc1)N(CCCN1CCOCC1)Cc1ccncc1. The number of aromatic nitrogens is 1. The molecule has 2 heterocycles. The van der Waals surface area contributed by atoms with Crippen molar-refractivity contribution in [2.24, 2.45) is 0 Å². The molecule has 6 nitrogen and oxygen atoms in total. The highest BCUT2D eigenvalue weighted by Crippen LogP contribution is 2.19. The van der Waals surface area contributed by atoms with Gasteiger partial charge in [-0.15, -0.1) is 0 Å². The van der Waals surface area contributed by atoms with Crippen LogP contribution in [0.4, 0.5) is 4.39 Å². The third-order valence-corrected chi connectivity index (χ3v) is 6.40. The van der Waals surface area contributed by atoms with Crippen LogP contribution in [0.15, 0.2) is 53.7 Å². The van der Waals surface area contributed by atoms with Gasteiger partial charge in [0, 0.05) is 38.6 Å². The summed E-state index contributed by atoms with van der Waals surface area (Å²) in [7, 11) is -3.72. The number of morpholine rings is 1. The fourth-order valence-electron chi connectivity index (χ4n) is 3.03. The number of benzene rings is 1. The van der Waals surface area contributed by atoms with E-state index in [0.29, 0.717) is 26.2 Å². The van der Waals surface area contributed by atoms with Gasteiger partial charge >= 0.3 is 0 Å². The van der Waals surface area contributed by atoms with Crippen LogP contribution in [0.1, 0.15) is 12.0 Å². The molecule has 0 bridgehead atoms. The fraction of sp³-hybridized carbons (Fsp3) is 0.421. The Hall–Kier alpha value is -1.87. The van der Waals surface area contributed by atoms with Crippen LogP contribution in [-0.4, -0.2) is 62.0 Å². The zero-order valence-electron chi connectivity index (χ0n) is 15.1. The van der Waals surface area contributed by atoms with Crippen molar-refractivity contribution < 1.29 is 17.5 Å². The number of sulfonamides is 1. The second-order valence-electron chi connectivity index (χ2n) is 6.46. The summed E-state index contributed by atoms with van der Waals surface area (Å²) in [5.41, 5.74) is 0.863. The Kier molecular flexibility index (Phi) is 6.89. The average molecular weight is 393 g/mol. The molecule has 27 heavy (non-hydrogen) atoms. The van der Waals surface area contributed by atoms with Crippen molar-refractivity contribution in [2.75, 3.05) is 39.4 Å². The van der Waals surface area contributed by atoms with Crippen molar-refractivity contribution in [1.82, 2.24) is 14.2 Å². The number of rotatable bonds is 8. The summed E-state index contributed by atoms with van der Waals surface area (Å²) in [6.45, 7) is 4.63. The average Bonchev–Trinajstić information content (AvgIpc) is 2.69. The van der Waals surface area contributed by atoms with Gasteiger partial charge in [0.05, 0.1) is 18.1 Å². The molecule has 1 aromatic carbocycles. The van der Waals surface area contributed by atoms with Crippen molar-refractivity contribution in [1.29, 1.82) is 0 Å². The molecule has 3 rings (SSSR count). The monoisotopic (exact) mass is 393 g/mol. The molecule has 8 heteroatoms. The van der Waals surface area contributed by atoms with Crippen LogP contribution in [0.2, 0.25) is 0 Å². The van der Waals surface area contributed by atoms with E-state index in [0.717, 1.165) is 25.2 Å². The van der Waals surface area contributed by atoms with Gasteiger partial charge in [-0.1, -0.05) is 0 Å². The second-order valence-corrected chi connectivity index (χ2v) is 8.39. The molecule has 2 aromatic rings. The van der Waals surface area contributed by atoms with Crippen molar-refractivity contribution in [2.45, 2.75) is 17.9 Å². The van der Waals surface area contributed by atoms with E-state index < -0.39 is 15.8 Å². The largest absolute Gasteiger partial charge is 0.379 e. The highest BCUT2D eigenvalue weighted by Gasteiger charge is 2.25. The minimum absolute atomic E-state index is 0.101. The van der Waals surface area contributed by atoms with E-state index in [9.17, 15) is 12.8 Å². The zero-order valence-corrected chi connectivity index (χ0v) is 15.9. The quantitative estimate of drug-likeness (QED) is 0.688. The molecule has 1 saturated heterocycles. The summed E-state index contributed by atoms with van der Waals surface area (Å²) in [5, 5.41) is 0. The van der Waals surface area contributed by atoms with Crippen LogP contribution in [0.25, 0.3) is 0 Å². The first-order valence-corrected chi connectivity index (χ1v) is 10.4. The molecule has 146 valence electrons. The molecule has 0 amide bonds. The second kappa shape index (κ2) is 9.36. The highest BCUT2D eigenvalue weighted by molar-refractivity contribution is 7.89. The molecule has 1 aromatic heterocycles. The number of hydrogen-bond acceptors (Lipinski definition) is 5. The normalized spacial score (nSPS) is 15.9.